The summed E-state index contributed by atoms with van der Waals surface area (Å²) in [6.07, 6.45) is 0.260. The molecule has 4 unspecified atom stereocenters. The third kappa shape index (κ3) is 9.88. The van der Waals surface area contributed by atoms with Crippen molar-refractivity contribution in [3.8, 4) is 0 Å². The summed E-state index contributed by atoms with van der Waals surface area (Å²) in [5.41, 5.74) is 10.9. The van der Waals surface area contributed by atoms with Gasteiger partial charge in [0.15, 0.2) is 0 Å². The largest absolute Gasteiger partial charge is 0.480 e. The van der Waals surface area contributed by atoms with E-state index in [0.29, 0.717) is 6.42 Å². The summed E-state index contributed by atoms with van der Waals surface area (Å²) >= 11 is 0. The van der Waals surface area contributed by atoms with E-state index in [2.05, 4.69) is 16.0 Å². The van der Waals surface area contributed by atoms with Crippen molar-refractivity contribution in [1.82, 2.24) is 16.0 Å². The van der Waals surface area contributed by atoms with E-state index in [1.165, 1.54) is 0 Å². The molecule has 0 aliphatic heterocycles. The van der Waals surface area contributed by atoms with Gasteiger partial charge in [0.25, 0.3) is 0 Å². The highest BCUT2D eigenvalue weighted by Gasteiger charge is 2.31. The average molecular weight is 415 g/mol. The van der Waals surface area contributed by atoms with E-state index in [1.807, 2.05) is 6.92 Å². The van der Waals surface area contributed by atoms with E-state index in [0.717, 1.165) is 0 Å². The number of nitrogens with one attached hydrogen (secondary N) is 3. The second kappa shape index (κ2) is 12.7. The molecule has 166 valence electrons. The van der Waals surface area contributed by atoms with Crippen LogP contribution in [0, 0.1) is 11.8 Å². The number of amides is 4. The van der Waals surface area contributed by atoms with Gasteiger partial charge < -0.3 is 32.5 Å². The zero-order valence-corrected chi connectivity index (χ0v) is 17.4. The van der Waals surface area contributed by atoms with Crippen molar-refractivity contribution in [3.05, 3.63) is 0 Å². The number of rotatable bonds is 13. The second-order valence-electron chi connectivity index (χ2n) is 7.32. The molecule has 11 nitrogen and oxygen atoms in total. The van der Waals surface area contributed by atoms with Crippen molar-refractivity contribution in [2.75, 3.05) is 6.54 Å². The lowest BCUT2D eigenvalue weighted by atomic mass is 9.96. The van der Waals surface area contributed by atoms with Crippen molar-refractivity contribution in [2.45, 2.75) is 65.1 Å². The average Bonchev–Trinajstić information content (AvgIpc) is 2.65. The maximum Gasteiger partial charge on any atom is 0.322 e. The Hall–Kier alpha value is -2.69. The molecular formula is C18H33N5O6. The van der Waals surface area contributed by atoms with E-state index in [1.54, 1.807) is 20.8 Å². The molecule has 0 aromatic rings. The molecule has 0 rings (SSSR count). The minimum atomic E-state index is -1.26. The molecular weight excluding hydrogens is 382 g/mol. The molecule has 0 fully saturated rings. The molecule has 0 radical (unpaired) electrons. The molecule has 0 heterocycles. The normalized spacial score (nSPS) is 15.0. The first kappa shape index (κ1) is 26.3. The third-order valence-electron chi connectivity index (χ3n) is 4.54. The summed E-state index contributed by atoms with van der Waals surface area (Å²) in [5.74, 6) is -4.24. The van der Waals surface area contributed by atoms with Gasteiger partial charge in [0.05, 0.1) is 6.04 Å². The maximum absolute atomic E-state index is 12.8. The smallest absolute Gasteiger partial charge is 0.322 e. The minimum absolute atomic E-state index is 0.112. The molecule has 0 aromatic carbocycles. The van der Waals surface area contributed by atoms with Gasteiger partial charge in [-0.2, -0.15) is 0 Å². The highest BCUT2D eigenvalue weighted by atomic mass is 16.4. The number of carboxylic acid groups (broad SMARTS) is 1. The van der Waals surface area contributed by atoms with E-state index in [-0.39, 0.29) is 24.7 Å². The van der Waals surface area contributed by atoms with Crippen LogP contribution in [0.15, 0.2) is 0 Å². The van der Waals surface area contributed by atoms with Gasteiger partial charge >= 0.3 is 5.97 Å². The Labute approximate surface area is 170 Å². The van der Waals surface area contributed by atoms with Crippen molar-refractivity contribution in [2.24, 2.45) is 23.3 Å². The van der Waals surface area contributed by atoms with E-state index >= 15 is 0 Å². The Morgan fingerprint density at radius 3 is 2.00 bits per heavy atom. The van der Waals surface area contributed by atoms with Crippen LogP contribution in [-0.2, 0) is 24.0 Å². The van der Waals surface area contributed by atoms with Crippen molar-refractivity contribution < 1.29 is 29.1 Å². The highest BCUT2D eigenvalue weighted by Crippen LogP contribution is 2.10. The fraction of sp³-hybridized carbons (Fsp3) is 0.722. The molecule has 4 amide bonds. The summed E-state index contributed by atoms with van der Waals surface area (Å²) in [6, 6.07) is -2.95. The highest BCUT2D eigenvalue weighted by molar-refractivity contribution is 5.94. The molecule has 4 atom stereocenters. The number of primary amides is 1. The van der Waals surface area contributed by atoms with Gasteiger partial charge in [0.2, 0.25) is 23.6 Å². The van der Waals surface area contributed by atoms with E-state index < -0.39 is 54.3 Å². The molecule has 8 N–H and O–H groups in total. The van der Waals surface area contributed by atoms with Gasteiger partial charge in [-0.3, -0.25) is 24.0 Å². The Morgan fingerprint density at radius 2 is 1.55 bits per heavy atom. The summed E-state index contributed by atoms with van der Waals surface area (Å²) in [6.45, 7) is 6.50. The molecule has 0 aliphatic rings. The van der Waals surface area contributed by atoms with Crippen molar-refractivity contribution in [1.29, 1.82) is 0 Å². The first-order chi connectivity index (χ1) is 13.4. The summed E-state index contributed by atoms with van der Waals surface area (Å²) in [5, 5.41) is 15.9. The van der Waals surface area contributed by atoms with Crippen LogP contribution in [0.3, 0.4) is 0 Å². The van der Waals surface area contributed by atoms with Crippen LogP contribution in [0.25, 0.3) is 0 Å². The predicted octanol–water partition coefficient (Wildman–Crippen LogP) is -1.55. The number of carbonyl (C=O) groups is 5. The van der Waals surface area contributed by atoms with Crippen molar-refractivity contribution >= 4 is 29.6 Å². The quantitative estimate of drug-likeness (QED) is 0.209. The third-order valence-corrected chi connectivity index (χ3v) is 4.54. The number of hydrogen-bond acceptors (Lipinski definition) is 6. The van der Waals surface area contributed by atoms with Gasteiger partial charge in [-0.05, 0) is 18.3 Å². The molecule has 11 heteroatoms. The topological polar surface area (TPSA) is 194 Å². The van der Waals surface area contributed by atoms with Crippen LogP contribution in [0.5, 0.6) is 0 Å². The lowest BCUT2D eigenvalue weighted by Crippen LogP contribution is -2.58. The SMILES string of the molecule is CCC(C)C(NC(=O)C(N)C(C)C)C(=O)NC(CCC(N)=O)C(=O)NCC(=O)O. The molecule has 0 aliphatic carbocycles. The summed E-state index contributed by atoms with van der Waals surface area (Å²) in [4.78, 5) is 59.0. The van der Waals surface area contributed by atoms with Crippen LogP contribution in [-0.4, -0.2) is 59.4 Å². The van der Waals surface area contributed by atoms with Crippen LogP contribution in [0.4, 0.5) is 0 Å². The Balaban J connectivity index is 5.36. The standard InChI is InChI=1S/C18H33N5O6/c1-5-10(4)15(23-17(28)14(20)9(2)3)18(29)22-11(6-7-12(19)24)16(27)21-8-13(25)26/h9-11,14-15H,5-8,20H2,1-4H3,(H2,19,24)(H,21,27)(H,22,29)(H,23,28)(H,25,26). The monoisotopic (exact) mass is 415 g/mol. The second-order valence-corrected chi connectivity index (χ2v) is 7.32. The van der Waals surface area contributed by atoms with Crippen LogP contribution < -0.4 is 27.4 Å². The molecule has 0 spiro atoms. The van der Waals surface area contributed by atoms with Gasteiger partial charge in [0.1, 0.15) is 18.6 Å². The molecule has 0 saturated heterocycles. The Kier molecular flexibility index (Phi) is 11.5. The first-order valence-electron chi connectivity index (χ1n) is 9.54. The number of carboxylic acids is 1. The molecule has 0 aromatic heterocycles. The van der Waals surface area contributed by atoms with E-state index in [4.69, 9.17) is 16.6 Å². The van der Waals surface area contributed by atoms with Crippen molar-refractivity contribution in [3.63, 3.8) is 0 Å². The van der Waals surface area contributed by atoms with Crippen LogP contribution in [0.2, 0.25) is 0 Å². The first-order valence-corrected chi connectivity index (χ1v) is 9.54. The fourth-order valence-corrected chi connectivity index (χ4v) is 2.36. The zero-order valence-electron chi connectivity index (χ0n) is 17.4. The van der Waals surface area contributed by atoms with Crippen LogP contribution >= 0.6 is 0 Å². The fourth-order valence-electron chi connectivity index (χ4n) is 2.36. The Bertz CT molecular complexity index is 610. The molecule has 0 saturated carbocycles. The maximum atomic E-state index is 12.8. The molecule has 0 bridgehead atoms. The predicted molar refractivity (Wildman–Crippen MR) is 105 cm³/mol. The summed E-state index contributed by atoms with van der Waals surface area (Å²) in [7, 11) is 0. The lowest BCUT2D eigenvalue weighted by molar-refractivity contribution is -0.139. The molecule has 29 heavy (non-hydrogen) atoms. The lowest BCUT2D eigenvalue weighted by Gasteiger charge is -2.28. The zero-order chi connectivity index (χ0) is 22.7. The van der Waals surface area contributed by atoms with Crippen LogP contribution in [0.1, 0.15) is 47.0 Å². The Morgan fingerprint density at radius 1 is 0.966 bits per heavy atom. The summed E-state index contributed by atoms with van der Waals surface area (Å²) < 4.78 is 0. The minimum Gasteiger partial charge on any atom is -0.480 e. The van der Waals surface area contributed by atoms with E-state index in [9.17, 15) is 24.0 Å². The number of nitrogens with two attached hydrogens (primary N) is 2. The number of aliphatic carboxylic acids is 1. The number of hydrogen-bond donors (Lipinski definition) is 6. The van der Waals surface area contributed by atoms with Gasteiger partial charge in [-0.1, -0.05) is 34.1 Å². The van der Waals surface area contributed by atoms with Gasteiger partial charge in [0, 0.05) is 6.42 Å². The van der Waals surface area contributed by atoms with Gasteiger partial charge in [-0.25, -0.2) is 0 Å². The van der Waals surface area contributed by atoms with Gasteiger partial charge in [-0.15, -0.1) is 0 Å². The number of carbonyl (C=O) groups excluding carboxylic acids is 4.